The minimum atomic E-state index is -0.491. The Balaban J connectivity index is 1.78. The van der Waals surface area contributed by atoms with Crippen LogP contribution in [0.15, 0.2) is 54.9 Å². The van der Waals surface area contributed by atoms with Crippen LogP contribution in [0.25, 0.3) is 5.65 Å². The number of anilines is 2. The van der Waals surface area contributed by atoms with Crippen LogP contribution in [-0.4, -0.2) is 37.1 Å². The van der Waals surface area contributed by atoms with E-state index < -0.39 is 5.92 Å². The molecule has 3 aromatic heterocycles. The van der Waals surface area contributed by atoms with Gasteiger partial charge in [0.1, 0.15) is 17.3 Å². The number of hydrogen-bond acceptors (Lipinski definition) is 6. The molecular formula is C20H19FN6O2. The van der Waals surface area contributed by atoms with Gasteiger partial charge in [0.05, 0.1) is 18.9 Å². The summed E-state index contributed by atoms with van der Waals surface area (Å²) >= 11 is 0. The van der Waals surface area contributed by atoms with Gasteiger partial charge in [-0.2, -0.15) is 10.1 Å². The van der Waals surface area contributed by atoms with Crippen molar-refractivity contribution in [3.8, 4) is 0 Å². The van der Waals surface area contributed by atoms with Gasteiger partial charge >= 0.3 is 5.97 Å². The van der Waals surface area contributed by atoms with Crippen molar-refractivity contribution in [2.75, 3.05) is 11.9 Å². The fourth-order valence-electron chi connectivity index (χ4n) is 3.08. The fourth-order valence-corrected chi connectivity index (χ4v) is 3.08. The molecule has 148 valence electrons. The van der Waals surface area contributed by atoms with E-state index in [0.717, 1.165) is 5.56 Å². The zero-order valence-corrected chi connectivity index (χ0v) is 15.7. The standard InChI is InChI=1S/C20H19FN6O2/c1-2-29-18(28)12-15(13-5-7-14(21)8-6-13)19-24-17-4-3-11-27(17)20(25-19)23-16-9-10-22-26-16/h3-11,15H,2,12H2,1H3,(H2,22,23,24,25,26). The average Bonchev–Trinajstić information content (AvgIpc) is 3.39. The molecule has 4 rings (SSSR count). The van der Waals surface area contributed by atoms with Gasteiger partial charge in [0.2, 0.25) is 5.95 Å². The number of ether oxygens (including phenoxy) is 1. The molecule has 1 atom stereocenters. The van der Waals surface area contributed by atoms with Crippen molar-refractivity contribution in [1.29, 1.82) is 0 Å². The normalized spacial score (nSPS) is 12.1. The first-order valence-corrected chi connectivity index (χ1v) is 9.17. The molecule has 0 saturated heterocycles. The van der Waals surface area contributed by atoms with Crippen LogP contribution < -0.4 is 5.32 Å². The molecule has 0 amide bonds. The molecule has 0 spiro atoms. The second-order valence-corrected chi connectivity index (χ2v) is 6.34. The van der Waals surface area contributed by atoms with Crippen LogP contribution in [0.5, 0.6) is 0 Å². The summed E-state index contributed by atoms with van der Waals surface area (Å²) in [5, 5.41) is 9.97. The van der Waals surface area contributed by atoms with Crippen LogP contribution >= 0.6 is 0 Å². The number of nitrogens with zero attached hydrogens (tertiary/aromatic N) is 4. The van der Waals surface area contributed by atoms with Crippen molar-refractivity contribution >= 4 is 23.4 Å². The molecule has 4 aromatic rings. The highest BCUT2D eigenvalue weighted by molar-refractivity contribution is 5.71. The number of esters is 1. The van der Waals surface area contributed by atoms with Crippen molar-refractivity contribution < 1.29 is 13.9 Å². The molecule has 3 heterocycles. The first-order chi connectivity index (χ1) is 14.1. The quantitative estimate of drug-likeness (QED) is 0.466. The number of rotatable bonds is 7. The second kappa shape index (κ2) is 8.09. The molecule has 0 radical (unpaired) electrons. The molecule has 2 N–H and O–H groups in total. The molecule has 1 aromatic carbocycles. The average molecular weight is 394 g/mol. The molecule has 0 fully saturated rings. The molecule has 0 aliphatic carbocycles. The lowest BCUT2D eigenvalue weighted by Gasteiger charge is -2.17. The van der Waals surface area contributed by atoms with E-state index in [1.807, 2.05) is 18.3 Å². The zero-order chi connectivity index (χ0) is 20.2. The van der Waals surface area contributed by atoms with Crippen molar-refractivity contribution in [2.45, 2.75) is 19.3 Å². The Labute approximate surface area is 165 Å². The Bertz CT molecular complexity index is 1110. The maximum atomic E-state index is 13.4. The van der Waals surface area contributed by atoms with Crippen molar-refractivity contribution in [3.63, 3.8) is 0 Å². The predicted molar refractivity (Wildman–Crippen MR) is 104 cm³/mol. The van der Waals surface area contributed by atoms with E-state index in [4.69, 9.17) is 4.74 Å². The van der Waals surface area contributed by atoms with Gasteiger partial charge in [0, 0.05) is 18.5 Å². The maximum Gasteiger partial charge on any atom is 0.306 e. The van der Waals surface area contributed by atoms with Crippen molar-refractivity contribution in [1.82, 2.24) is 24.6 Å². The van der Waals surface area contributed by atoms with Crippen LogP contribution in [0.1, 0.15) is 30.7 Å². The number of aromatic nitrogens is 5. The molecule has 0 saturated carbocycles. The number of benzene rings is 1. The maximum absolute atomic E-state index is 13.4. The SMILES string of the molecule is CCOC(=O)CC(c1ccc(F)cc1)c1nc(Nc2cc[nH]n2)n2cccc2n1. The summed E-state index contributed by atoms with van der Waals surface area (Å²) in [6.07, 6.45) is 3.56. The highest BCUT2D eigenvalue weighted by Crippen LogP contribution is 2.28. The highest BCUT2D eigenvalue weighted by Gasteiger charge is 2.24. The number of halogens is 1. The van der Waals surface area contributed by atoms with Gasteiger partial charge < -0.3 is 10.1 Å². The third kappa shape index (κ3) is 4.08. The molecule has 9 heteroatoms. The van der Waals surface area contributed by atoms with Gasteiger partial charge in [-0.15, -0.1) is 0 Å². The molecular weight excluding hydrogens is 375 g/mol. The van der Waals surface area contributed by atoms with Gasteiger partial charge in [-0.05, 0) is 36.8 Å². The fraction of sp³-hybridized carbons (Fsp3) is 0.200. The molecule has 8 nitrogen and oxygen atoms in total. The van der Waals surface area contributed by atoms with Crippen LogP contribution in [0.4, 0.5) is 16.2 Å². The largest absolute Gasteiger partial charge is 0.466 e. The Morgan fingerprint density at radius 2 is 2.07 bits per heavy atom. The van der Waals surface area contributed by atoms with Gasteiger partial charge in [-0.1, -0.05) is 12.1 Å². The Hall–Kier alpha value is -3.75. The minimum Gasteiger partial charge on any atom is -0.466 e. The Morgan fingerprint density at radius 3 is 2.79 bits per heavy atom. The van der Waals surface area contributed by atoms with Gasteiger partial charge in [-0.3, -0.25) is 14.3 Å². The number of aromatic amines is 1. The number of fused-ring (bicyclic) bond motifs is 1. The van der Waals surface area contributed by atoms with E-state index in [1.54, 1.807) is 35.7 Å². The van der Waals surface area contributed by atoms with Crippen molar-refractivity contribution in [3.05, 3.63) is 72.1 Å². The summed E-state index contributed by atoms with van der Waals surface area (Å²) in [6.45, 7) is 2.03. The summed E-state index contributed by atoms with van der Waals surface area (Å²) in [5.74, 6) is 0.296. The van der Waals surface area contributed by atoms with E-state index in [9.17, 15) is 9.18 Å². The molecule has 0 bridgehead atoms. The molecule has 29 heavy (non-hydrogen) atoms. The summed E-state index contributed by atoms with van der Waals surface area (Å²) in [7, 11) is 0. The minimum absolute atomic E-state index is 0.0399. The number of carbonyl (C=O) groups excluding carboxylic acids is 1. The van der Waals surface area contributed by atoms with Crippen LogP contribution in [0.2, 0.25) is 0 Å². The summed E-state index contributed by atoms with van der Waals surface area (Å²) in [5.41, 5.74) is 1.38. The van der Waals surface area contributed by atoms with Gasteiger partial charge in [0.15, 0.2) is 5.82 Å². The van der Waals surface area contributed by atoms with Gasteiger partial charge in [0.25, 0.3) is 0 Å². The number of hydrogen-bond donors (Lipinski definition) is 2. The number of carbonyl (C=O) groups is 1. The van der Waals surface area contributed by atoms with Gasteiger partial charge in [-0.25, -0.2) is 9.37 Å². The highest BCUT2D eigenvalue weighted by atomic mass is 19.1. The smallest absolute Gasteiger partial charge is 0.306 e. The van der Waals surface area contributed by atoms with E-state index >= 15 is 0 Å². The molecule has 0 aliphatic heterocycles. The third-order valence-corrected chi connectivity index (χ3v) is 4.41. The zero-order valence-electron chi connectivity index (χ0n) is 15.7. The van der Waals surface area contributed by atoms with Crippen LogP contribution in [-0.2, 0) is 9.53 Å². The summed E-state index contributed by atoms with van der Waals surface area (Å²) in [4.78, 5) is 21.5. The first kappa shape index (κ1) is 18.6. The predicted octanol–water partition coefficient (Wildman–Crippen LogP) is 3.42. The molecule has 1 unspecified atom stereocenters. The lowest BCUT2D eigenvalue weighted by Crippen LogP contribution is -2.16. The summed E-state index contributed by atoms with van der Waals surface area (Å²) < 4.78 is 20.3. The topological polar surface area (TPSA) is 97.2 Å². The van der Waals surface area contributed by atoms with Crippen LogP contribution in [0.3, 0.4) is 0 Å². The number of nitrogens with one attached hydrogen (secondary N) is 2. The monoisotopic (exact) mass is 394 g/mol. The first-order valence-electron chi connectivity index (χ1n) is 9.17. The number of H-pyrrole nitrogens is 1. The lowest BCUT2D eigenvalue weighted by molar-refractivity contribution is -0.143. The third-order valence-electron chi connectivity index (χ3n) is 4.41. The van der Waals surface area contributed by atoms with E-state index in [2.05, 4.69) is 25.5 Å². The lowest BCUT2D eigenvalue weighted by atomic mass is 9.95. The second-order valence-electron chi connectivity index (χ2n) is 6.34. The van der Waals surface area contributed by atoms with E-state index in [0.29, 0.717) is 23.2 Å². The Morgan fingerprint density at radius 1 is 1.24 bits per heavy atom. The summed E-state index contributed by atoms with van der Waals surface area (Å²) in [6, 6.07) is 11.4. The van der Waals surface area contributed by atoms with E-state index in [1.165, 1.54) is 12.1 Å². The van der Waals surface area contributed by atoms with E-state index in [-0.39, 0.29) is 24.8 Å². The van der Waals surface area contributed by atoms with Crippen LogP contribution in [0, 0.1) is 5.82 Å². The molecule has 0 aliphatic rings. The Kier molecular flexibility index (Phi) is 5.19. The van der Waals surface area contributed by atoms with Crippen molar-refractivity contribution in [2.24, 2.45) is 0 Å².